The predicted octanol–water partition coefficient (Wildman–Crippen LogP) is 11.6. The Morgan fingerprint density at radius 3 is 2.06 bits per heavy atom. The Morgan fingerprint density at radius 2 is 1.31 bits per heavy atom. The van der Waals surface area contributed by atoms with Crippen LogP contribution in [0.5, 0.6) is 11.5 Å². The van der Waals surface area contributed by atoms with E-state index in [2.05, 4.69) is 155 Å². The molecule has 0 saturated heterocycles. The molecule has 1 heterocycles. The Balaban J connectivity index is 1.35. The Morgan fingerprint density at radius 1 is 0.625 bits per heavy atom. The fourth-order valence-corrected chi connectivity index (χ4v) is 9.36. The third-order valence-electron chi connectivity index (χ3n) is 11.9. The van der Waals surface area contributed by atoms with Crippen LogP contribution in [0.2, 0.25) is 0 Å². The zero-order valence-electron chi connectivity index (χ0n) is 28.4. The second kappa shape index (κ2) is 10.2. The van der Waals surface area contributed by atoms with E-state index in [0.717, 1.165) is 40.9 Å². The molecule has 0 spiro atoms. The predicted molar refractivity (Wildman–Crippen MR) is 198 cm³/mol. The van der Waals surface area contributed by atoms with Gasteiger partial charge in [-0.3, -0.25) is 0 Å². The molecule has 0 bridgehead atoms. The van der Waals surface area contributed by atoms with Gasteiger partial charge in [0.15, 0.2) is 5.60 Å². The molecule has 236 valence electrons. The lowest BCUT2D eigenvalue weighted by Crippen LogP contribution is -2.35. The fraction of sp³-hybridized carbons (Fsp3) is 0.217. The van der Waals surface area contributed by atoms with Crippen LogP contribution in [0.15, 0.2) is 121 Å². The molecule has 2 nitrogen and oxygen atoms in total. The van der Waals surface area contributed by atoms with Gasteiger partial charge in [-0.05, 0) is 93.1 Å². The first-order valence-electron chi connectivity index (χ1n) is 17.3. The normalized spacial score (nSPS) is 18.8. The molecule has 2 aliphatic carbocycles. The van der Waals surface area contributed by atoms with Gasteiger partial charge >= 0.3 is 0 Å². The maximum atomic E-state index is 7.67. The lowest BCUT2D eigenvalue weighted by Gasteiger charge is -2.39. The van der Waals surface area contributed by atoms with Gasteiger partial charge in [0.2, 0.25) is 0 Å². The smallest absolute Gasteiger partial charge is 0.178 e. The van der Waals surface area contributed by atoms with Gasteiger partial charge in [-0.1, -0.05) is 125 Å². The van der Waals surface area contributed by atoms with Crippen LogP contribution in [0.25, 0.3) is 39.1 Å². The molecule has 0 fully saturated rings. The molecule has 6 aromatic rings. The maximum absolute atomic E-state index is 7.67. The molecule has 48 heavy (non-hydrogen) atoms. The Labute approximate surface area is 283 Å². The minimum atomic E-state index is -0.828. The molecule has 1 aliphatic heterocycles. The highest BCUT2D eigenvalue weighted by molar-refractivity contribution is 6.09. The van der Waals surface area contributed by atoms with Crippen LogP contribution in [0.1, 0.15) is 79.5 Å². The highest BCUT2D eigenvalue weighted by Crippen LogP contribution is 2.61. The number of hydrogen-bond donors (Lipinski definition) is 0. The topological polar surface area (TPSA) is 18.5 Å². The SMILES string of the molecule is CCC1(CC)c2ccccc2-c2c1c1c(c3cc(OC)ccc23)OC(c2ccccc2)(c2ccc3c(c2)C(C)(C)c2ccccc2-3)C=C1. The molecule has 9 rings (SSSR count). The van der Waals surface area contributed by atoms with Crippen molar-refractivity contribution in [3.8, 4) is 33.8 Å². The standard InChI is InChI=1S/C46H40O2/c1-6-45(7-2)39-20-14-12-18-35(39)41-34-24-22-31(47-5)28-37(34)43-36(42(41)45)25-26-46(48-43,29-15-9-8-10-16-29)30-21-23-33-32-17-11-13-19-38(32)44(3,4)40(33)27-30/h8-28H,6-7H2,1-5H3. The first kappa shape index (κ1) is 29.1. The molecule has 6 aromatic carbocycles. The first-order chi connectivity index (χ1) is 23.4. The van der Waals surface area contributed by atoms with Crippen molar-refractivity contribution in [3.63, 3.8) is 0 Å². The van der Waals surface area contributed by atoms with E-state index in [1.807, 2.05) is 0 Å². The molecular formula is C46H40O2. The summed E-state index contributed by atoms with van der Waals surface area (Å²) in [5.41, 5.74) is 13.2. The largest absolute Gasteiger partial charge is 0.497 e. The molecule has 0 aromatic heterocycles. The van der Waals surface area contributed by atoms with Gasteiger partial charge in [0.05, 0.1) is 7.11 Å². The van der Waals surface area contributed by atoms with E-state index in [1.54, 1.807) is 7.11 Å². The number of hydrogen-bond acceptors (Lipinski definition) is 2. The summed E-state index contributed by atoms with van der Waals surface area (Å²) in [6.07, 6.45) is 6.73. The third-order valence-corrected chi connectivity index (χ3v) is 11.9. The highest BCUT2D eigenvalue weighted by Gasteiger charge is 2.47. The van der Waals surface area contributed by atoms with Crippen LogP contribution in [0, 0.1) is 0 Å². The van der Waals surface area contributed by atoms with E-state index in [-0.39, 0.29) is 10.8 Å². The summed E-state index contributed by atoms with van der Waals surface area (Å²) in [5.74, 6) is 1.75. The molecule has 0 amide bonds. The van der Waals surface area contributed by atoms with Crippen LogP contribution in [0.3, 0.4) is 0 Å². The maximum Gasteiger partial charge on any atom is 0.178 e. The van der Waals surface area contributed by atoms with E-state index < -0.39 is 5.60 Å². The zero-order chi connectivity index (χ0) is 32.8. The first-order valence-corrected chi connectivity index (χ1v) is 17.3. The zero-order valence-corrected chi connectivity index (χ0v) is 28.4. The van der Waals surface area contributed by atoms with Gasteiger partial charge in [-0.2, -0.15) is 0 Å². The Hall–Kier alpha value is -5.08. The summed E-state index contributed by atoms with van der Waals surface area (Å²) >= 11 is 0. The van der Waals surface area contributed by atoms with Crippen molar-refractivity contribution in [2.24, 2.45) is 0 Å². The van der Waals surface area contributed by atoms with Gasteiger partial charge in [-0.15, -0.1) is 0 Å². The van der Waals surface area contributed by atoms with E-state index in [9.17, 15) is 0 Å². The number of methoxy groups -OCH3 is 1. The molecule has 0 N–H and O–H groups in total. The second-order valence-corrected chi connectivity index (χ2v) is 14.2. The van der Waals surface area contributed by atoms with Crippen LogP contribution in [0.4, 0.5) is 0 Å². The van der Waals surface area contributed by atoms with Crippen molar-refractivity contribution >= 4 is 16.8 Å². The Kier molecular flexibility index (Phi) is 6.19. The summed E-state index contributed by atoms with van der Waals surface area (Å²) in [6, 6.07) is 42.1. The Bertz CT molecular complexity index is 2300. The quantitative estimate of drug-likeness (QED) is 0.190. The van der Waals surface area contributed by atoms with Crippen molar-refractivity contribution in [1.29, 1.82) is 0 Å². The van der Waals surface area contributed by atoms with Crippen molar-refractivity contribution < 1.29 is 9.47 Å². The lowest BCUT2D eigenvalue weighted by atomic mass is 9.71. The fourth-order valence-electron chi connectivity index (χ4n) is 9.36. The molecular weight excluding hydrogens is 585 g/mol. The van der Waals surface area contributed by atoms with Crippen molar-refractivity contribution in [3.05, 3.63) is 160 Å². The van der Waals surface area contributed by atoms with E-state index in [0.29, 0.717) is 0 Å². The number of benzene rings is 6. The average molecular weight is 625 g/mol. The van der Waals surface area contributed by atoms with E-state index in [4.69, 9.17) is 9.47 Å². The van der Waals surface area contributed by atoms with E-state index in [1.165, 1.54) is 55.5 Å². The van der Waals surface area contributed by atoms with Gasteiger partial charge in [0, 0.05) is 32.9 Å². The van der Waals surface area contributed by atoms with Crippen molar-refractivity contribution in [2.75, 3.05) is 7.11 Å². The molecule has 3 aliphatic rings. The third kappa shape index (κ3) is 3.64. The highest BCUT2D eigenvalue weighted by atomic mass is 16.5. The lowest BCUT2D eigenvalue weighted by molar-refractivity contribution is 0.163. The molecule has 0 radical (unpaired) electrons. The monoisotopic (exact) mass is 624 g/mol. The second-order valence-electron chi connectivity index (χ2n) is 14.2. The molecule has 1 unspecified atom stereocenters. The van der Waals surface area contributed by atoms with Crippen LogP contribution >= 0.6 is 0 Å². The van der Waals surface area contributed by atoms with Gasteiger partial charge in [0.1, 0.15) is 11.5 Å². The van der Waals surface area contributed by atoms with Gasteiger partial charge in [-0.25, -0.2) is 0 Å². The van der Waals surface area contributed by atoms with Crippen molar-refractivity contribution in [2.45, 2.75) is 57.0 Å². The summed E-state index contributed by atoms with van der Waals surface area (Å²) in [6.45, 7) is 9.37. The van der Waals surface area contributed by atoms with Crippen molar-refractivity contribution in [1.82, 2.24) is 0 Å². The van der Waals surface area contributed by atoms with Crippen LogP contribution in [-0.4, -0.2) is 7.11 Å². The van der Waals surface area contributed by atoms with Crippen LogP contribution in [-0.2, 0) is 16.4 Å². The number of rotatable bonds is 5. The number of fused-ring (bicyclic) bond motifs is 11. The summed E-state index contributed by atoms with van der Waals surface area (Å²) in [5, 5.41) is 2.29. The average Bonchev–Trinajstić information content (AvgIpc) is 3.57. The van der Waals surface area contributed by atoms with E-state index >= 15 is 0 Å². The summed E-state index contributed by atoms with van der Waals surface area (Å²) in [4.78, 5) is 0. The minimum absolute atomic E-state index is 0.103. The summed E-state index contributed by atoms with van der Waals surface area (Å²) in [7, 11) is 1.74. The summed E-state index contributed by atoms with van der Waals surface area (Å²) < 4.78 is 13.5. The van der Waals surface area contributed by atoms with Gasteiger partial charge < -0.3 is 9.47 Å². The number of ether oxygens (including phenoxy) is 2. The minimum Gasteiger partial charge on any atom is -0.497 e. The molecule has 1 atom stereocenters. The molecule has 2 heteroatoms. The molecule has 0 saturated carbocycles. The van der Waals surface area contributed by atoms with Gasteiger partial charge in [0.25, 0.3) is 0 Å². The van der Waals surface area contributed by atoms with Crippen LogP contribution < -0.4 is 9.47 Å².